The molecule has 2 amide bonds. The topological polar surface area (TPSA) is 91.5 Å². The summed E-state index contributed by atoms with van der Waals surface area (Å²) in [6.07, 6.45) is 2.53. The maximum absolute atomic E-state index is 12.4. The molecule has 2 rings (SSSR count). The first-order valence-corrected chi connectivity index (χ1v) is 8.21. The minimum atomic E-state index is -0.154. The molecule has 0 aliphatic rings. The van der Waals surface area contributed by atoms with E-state index in [1.54, 1.807) is 24.0 Å². The monoisotopic (exact) mass is 332 g/mol. The summed E-state index contributed by atoms with van der Waals surface area (Å²) in [5, 5.41) is 19.6. The van der Waals surface area contributed by atoms with Gasteiger partial charge in [-0.3, -0.25) is 0 Å². The Hall–Kier alpha value is -2.41. The Balaban J connectivity index is 1.98. The number of aryl methyl sites for hydroxylation is 1. The van der Waals surface area contributed by atoms with Gasteiger partial charge in [-0.1, -0.05) is 13.3 Å². The molecule has 24 heavy (non-hydrogen) atoms. The molecule has 0 saturated carbocycles. The molecule has 2 aromatic rings. The molecule has 0 bridgehead atoms. The van der Waals surface area contributed by atoms with Gasteiger partial charge >= 0.3 is 6.03 Å². The van der Waals surface area contributed by atoms with E-state index in [4.69, 9.17) is 9.52 Å². The zero-order valence-electron chi connectivity index (χ0n) is 14.2. The highest BCUT2D eigenvalue weighted by Crippen LogP contribution is 2.20. The molecule has 130 valence electrons. The molecule has 0 aliphatic heterocycles. The van der Waals surface area contributed by atoms with Gasteiger partial charge in [-0.2, -0.15) is 0 Å². The van der Waals surface area contributed by atoms with Crippen LogP contribution in [0.1, 0.15) is 32.1 Å². The van der Waals surface area contributed by atoms with Crippen LogP contribution in [0.5, 0.6) is 0 Å². The predicted molar refractivity (Wildman–Crippen MR) is 91.7 cm³/mol. The number of nitrogens with one attached hydrogen (secondary N) is 1. The van der Waals surface area contributed by atoms with Gasteiger partial charge in [0.25, 0.3) is 0 Å². The van der Waals surface area contributed by atoms with Crippen LogP contribution in [0, 0.1) is 6.92 Å². The van der Waals surface area contributed by atoms with Crippen LogP contribution in [0.15, 0.2) is 28.7 Å². The molecule has 7 heteroatoms. The van der Waals surface area contributed by atoms with Gasteiger partial charge in [0.2, 0.25) is 11.8 Å². The molecule has 0 saturated heterocycles. The number of nitrogens with zero attached hydrogens (tertiary/aromatic N) is 3. The first kappa shape index (κ1) is 17.9. The van der Waals surface area contributed by atoms with Crippen molar-refractivity contribution >= 4 is 11.7 Å². The lowest BCUT2D eigenvalue weighted by Crippen LogP contribution is -2.36. The van der Waals surface area contributed by atoms with Crippen LogP contribution in [-0.4, -0.2) is 45.9 Å². The van der Waals surface area contributed by atoms with Crippen molar-refractivity contribution in [2.75, 3.05) is 25.0 Å². The highest BCUT2D eigenvalue weighted by Gasteiger charge is 2.13. The predicted octanol–water partition coefficient (Wildman–Crippen LogP) is 3.06. The van der Waals surface area contributed by atoms with Crippen molar-refractivity contribution in [1.29, 1.82) is 0 Å². The smallest absolute Gasteiger partial charge is 0.321 e. The number of aliphatic hydroxyl groups is 1. The van der Waals surface area contributed by atoms with E-state index >= 15 is 0 Å². The molecule has 1 aromatic carbocycles. The van der Waals surface area contributed by atoms with Gasteiger partial charge in [0.1, 0.15) is 0 Å². The van der Waals surface area contributed by atoms with E-state index < -0.39 is 0 Å². The van der Waals surface area contributed by atoms with Crippen molar-refractivity contribution in [2.24, 2.45) is 0 Å². The zero-order valence-corrected chi connectivity index (χ0v) is 14.2. The molecular formula is C17H24N4O3. The van der Waals surface area contributed by atoms with Crippen molar-refractivity contribution in [3.8, 4) is 11.5 Å². The number of carbonyl (C=O) groups is 1. The number of hydrogen-bond donors (Lipinski definition) is 2. The summed E-state index contributed by atoms with van der Waals surface area (Å²) in [5.41, 5.74) is 1.50. The molecule has 1 heterocycles. The van der Waals surface area contributed by atoms with Gasteiger partial charge < -0.3 is 19.7 Å². The zero-order chi connectivity index (χ0) is 17.4. The fourth-order valence-corrected chi connectivity index (χ4v) is 2.24. The Labute approximate surface area is 141 Å². The Morgan fingerprint density at radius 3 is 2.50 bits per heavy atom. The lowest BCUT2D eigenvalue weighted by atomic mass is 10.2. The largest absolute Gasteiger partial charge is 0.421 e. The summed E-state index contributed by atoms with van der Waals surface area (Å²) < 4.78 is 5.38. The van der Waals surface area contributed by atoms with E-state index in [9.17, 15) is 4.79 Å². The minimum Gasteiger partial charge on any atom is -0.421 e. The normalized spacial score (nSPS) is 10.6. The molecule has 0 unspecified atom stereocenters. The standard InChI is InChI=1S/C17H24N4O3/c1-3-4-10-21(11-5-12-22)17(23)18-15-8-6-14(7-9-15)16-20-19-13(2)24-16/h6-9,22H,3-5,10-12H2,1-2H3,(H,18,23). The SMILES string of the molecule is CCCCN(CCCO)C(=O)Nc1ccc(-c2nnc(C)o2)cc1. The molecule has 0 atom stereocenters. The van der Waals surface area contributed by atoms with E-state index in [1.807, 2.05) is 12.1 Å². The van der Waals surface area contributed by atoms with E-state index in [-0.39, 0.29) is 12.6 Å². The quantitative estimate of drug-likeness (QED) is 0.775. The van der Waals surface area contributed by atoms with Crippen molar-refractivity contribution in [3.63, 3.8) is 0 Å². The summed E-state index contributed by atoms with van der Waals surface area (Å²) in [6.45, 7) is 5.13. The van der Waals surface area contributed by atoms with Crippen molar-refractivity contribution < 1.29 is 14.3 Å². The minimum absolute atomic E-state index is 0.0776. The molecule has 0 fully saturated rings. The van der Waals surface area contributed by atoms with E-state index in [0.717, 1.165) is 18.4 Å². The van der Waals surface area contributed by atoms with E-state index in [0.29, 0.717) is 37.0 Å². The highest BCUT2D eigenvalue weighted by atomic mass is 16.4. The van der Waals surface area contributed by atoms with Crippen molar-refractivity contribution in [3.05, 3.63) is 30.2 Å². The number of urea groups is 1. The first-order valence-electron chi connectivity index (χ1n) is 8.21. The van der Waals surface area contributed by atoms with Crippen molar-refractivity contribution in [1.82, 2.24) is 15.1 Å². The summed E-state index contributed by atoms with van der Waals surface area (Å²) in [5.74, 6) is 0.968. The van der Waals surface area contributed by atoms with E-state index in [1.165, 1.54) is 0 Å². The van der Waals surface area contributed by atoms with Crippen LogP contribution in [0.3, 0.4) is 0 Å². The number of aliphatic hydroxyl groups excluding tert-OH is 1. The number of unbranched alkanes of at least 4 members (excludes halogenated alkanes) is 1. The number of hydrogen-bond acceptors (Lipinski definition) is 5. The molecule has 2 N–H and O–H groups in total. The number of amides is 2. The molecule has 0 aliphatic carbocycles. The third-order valence-corrected chi connectivity index (χ3v) is 3.56. The summed E-state index contributed by atoms with van der Waals surface area (Å²) in [7, 11) is 0. The van der Waals surface area contributed by atoms with Crippen LogP contribution in [0.25, 0.3) is 11.5 Å². The first-order chi connectivity index (χ1) is 11.6. The lowest BCUT2D eigenvalue weighted by Gasteiger charge is -2.22. The van der Waals surface area contributed by atoms with Crippen LogP contribution in [0.4, 0.5) is 10.5 Å². The second-order valence-electron chi connectivity index (χ2n) is 5.55. The van der Waals surface area contributed by atoms with Gasteiger partial charge in [-0.15, -0.1) is 10.2 Å². The number of anilines is 1. The Morgan fingerprint density at radius 1 is 1.21 bits per heavy atom. The summed E-state index contributed by atoms with van der Waals surface area (Å²) in [6, 6.07) is 7.10. The Morgan fingerprint density at radius 2 is 1.92 bits per heavy atom. The number of benzene rings is 1. The number of carbonyl (C=O) groups excluding carboxylic acids is 1. The average molecular weight is 332 g/mol. The number of aromatic nitrogens is 2. The Kier molecular flexibility index (Phi) is 6.74. The average Bonchev–Trinajstić information content (AvgIpc) is 3.02. The maximum Gasteiger partial charge on any atom is 0.321 e. The second kappa shape index (κ2) is 9.02. The molecule has 1 aromatic heterocycles. The van der Waals surface area contributed by atoms with Crippen LogP contribution in [-0.2, 0) is 0 Å². The van der Waals surface area contributed by atoms with E-state index in [2.05, 4.69) is 22.4 Å². The van der Waals surface area contributed by atoms with Gasteiger partial charge in [-0.05, 0) is 37.1 Å². The molecule has 7 nitrogen and oxygen atoms in total. The van der Waals surface area contributed by atoms with Crippen LogP contribution in [0.2, 0.25) is 0 Å². The number of rotatable bonds is 8. The third-order valence-electron chi connectivity index (χ3n) is 3.56. The fraction of sp³-hybridized carbons (Fsp3) is 0.471. The van der Waals surface area contributed by atoms with Gasteiger partial charge in [-0.25, -0.2) is 4.79 Å². The maximum atomic E-state index is 12.4. The molecule has 0 radical (unpaired) electrons. The fourth-order valence-electron chi connectivity index (χ4n) is 2.24. The molecular weight excluding hydrogens is 308 g/mol. The highest BCUT2D eigenvalue weighted by molar-refractivity contribution is 5.89. The van der Waals surface area contributed by atoms with Gasteiger partial charge in [0.05, 0.1) is 0 Å². The van der Waals surface area contributed by atoms with Crippen LogP contribution < -0.4 is 5.32 Å². The summed E-state index contributed by atoms with van der Waals surface area (Å²) in [4.78, 5) is 14.1. The van der Waals surface area contributed by atoms with Crippen LogP contribution >= 0.6 is 0 Å². The van der Waals surface area contributed by atoms with Gasteiger partial charge in [0, 0.05) is 37.9 Å². The Bertz CT molecular complexity index is 632. The summed E-state index contributed by atoms with van der Waals surface area (Å²) >= 11 is 0. The van der Waals surface area contributed by atoms with Gasteiger partial charge in [0.15, 0.2) is 0 Å². The van der Waals surface area contributed by atoms with Crippen molar-refractivity contribution in [2.45, 2.75) is 33.1 Å². The molecule has 0 spiro atoms. The second-order valence-corrected chi connectivity index (χ2v) is 5.55. The third kappa shape index (κ3) is 5.06. The lowest BCUT2D eigenvalue weighted by molar-refractivity contribution is 0.201.